The van der Waals surface area contributed by atoms with Gasteiger partial charge in [0.1, 0.15) is 0 Å². The zero-order valence-electron chi connectivity index (χ0n) is 13.7. The van der Waals surface area contributed by atoms with Gasteiger partial charge in [0.15, 0.2) is 6.29 Å². The Morgan fingerprint density at radius 3 is 2.24 bits per heavy atom. The van der Waals surface area contributed by atoms with E-state index in [4.69, 9.17) is 18.8 Å². The van der Waals surface area contributed by atoms with Crippen molar-refractivity contribution < 1.29 is 28.3 Å². The van der Waals surface area contributed by atoms with Gasteiger partial charge in [0.05, 0.1) is 30.7 Å². The van der Waals surface area contributed by atoms with Gasteiger partial charge in [-0.1, -0.05) is 0 Å². The molecule has 7 heteroatoms. The maximum atomic E-state index is 9.18. The van der Waals surface area contributed by atoms with Crippen LogP contribution in [0, 0.1) is 0 Å². The van der Waals surface area contributed by atoms with Crippen LogP contribution in [0.5, 0.6) is 0 Å². The molecule has 21 heavy (non-hydrogen) atoms. The predicted octanol–water partition coefficient (Wildman–Crippen LogP) is 2.07. The molecule has 0 aliphatic carbocycles. The van der Waals surface area contributed by atoms with E-state index in [1.807, 2.05) is 34.6 Å². The van der Waals surface area contributed by atoms with Crippen molar-refractivity contribution in [3.8, 4) is 0 Å². The molecule has 2 rings (SSSR count). The van der Waals surface area contributed by atoms with Crippen molar-refractivity contribution in [3.05, 3.63) is 11.7 Å². The number of carbonyl (C=O) groups is 1. The fourth-order valence-corrected chi connectivity index (χ4v) is 1.66. The summed E-state index contributed by atoms with van der Waals surface area (Å²) in [6, 6.07) is 0. The topological polar surface area (TPSA) is 63.2 Å². The van der Waals surface area contributed by atoms with Gasteiger partial charge < -0.3 is 23.5 Å². The fraction of sp³-hybridized carbons (Fsp3) is 0.786. The van der Waals surface area contributed by atoms with Crippen molar-refractivity contribution in [2.24, 2.45) is 0 Å². The van der Waals surface area contributed by atoms with Crippen LogP contribution >= 0.6 is 0 Å². The maximum absolute atomic E-state index is 9.18. The van der Waals surface area contributed by atoms with Gasteiger partial charge in [-0.2, -0.15) is 0 Å². The Bertz CT molecular complexity index is 364. The van der Waals surface area contributed by atoms with Gasteiger partial charge in [-0.15, -0.1) is 0 Å². The lowest BCUT2D eigenvalue weighted by Crippen LogP contribution is -2.41. The maximum Gasteiger partial charge on any atom is 0.496 e. The summed E-state index contributed by atoms with van der Waals surface area (Å²) in [5.41, 5.74) is 0.264. The van der Waals surface area contributed by atoms with Crippen LogP contribution in [-0.4, -0.2) is 44.3 Å². The molecule has 1 saturated heterocycles. The highest BCUT2D eigenvalue weighted by molar-refractivity contribution is 6.54. The molecule has 6 nitrogen and oxygen atoms in total. The molecule has 0 amide bonds. The number of carbonyl (C=O) groups excluding carboxylic acids is 1. The van der Waals surface area contributed by atoms with E-state index in [9.17, 15) is 4.79 Å². The quantitative estimate of drug-likeness (QED) is 0.587. The molecule has 0 aromatic carbocycles. The van der Waals surface area contributed by atoms with E-state index in [0.29, 0.717) is 19.7 Å². The van der Waals surface area contributed by atoms with Crippen molar-refractivity contribution in [1.29, 1.82) is 0 Å². The normalized spacial score (nSPS) is 26.1. The summed E-state index contributed by atoms with van der Waals surface area (Å²) in [6.45, 7) is 13.1. The molecule has 0 bridgehead atoms. The first-order chi connectivity index (χ1) is 9.73. The molecular weight excluding hydrogens is 275 g/mol. The van der Waals surface area contributed by atoms with E-state index >= 15 is 0 Å². The molecule has 0 spiro atoms. The first-order valence-electron chi connectivity index (χ1n) is 7.10. The summed E-state index contributed by atoms with van der Waals surface area (Å²) in [5, 5.41) is 0. The summed E-state index contributed by atoms with van der Waals surface area (Å²) in [5.74, 6) is 0. The van der Waals surface area contributed by atoms with Crippen LogP contribution in [0.15, 0.2) is 11.7 Å². The predicted molar refractivity (Wildman–Crippen MR) is 78.4 cm³/mol. The van der Waals surface area contributed by atoms with E-state index in [0.717, 1.165) is 5.47 Å². The standard InChI is InChI=1S/C11H19BO4.C3H6O2/c1-8-13-6-9(7-14-8)12-15-10(2,3)11(4,5)16-12;1-2-5-3-4/h6,8H,7H2,1-5H3;3H,2H2,1H3. The third kappa shape index (κ3) is 4.73. The summed E-state index contributed by atoms with van der Waals surface area (Å²) in [6.07, 6.45) is 1.50. The Kier molecular flexibility index (Phi) is 6.25. The molecule has 2 heterocycles. The van der Waals surface area contributed by atoms with Gasteiger partial charge in [-0.25, -0.2) is 0 Å². The van der Waals surface area contributed by atoms with Crippen LogP contribution in [0.4, 0.5) is 0 Å². The summed E-state index contributed by atoms with van der Waals surface area (Å²) in [7, 11) is -0.363. The molecular formula is C14H25BO6. The highest BCUT2D eigenvalue weighted by atomic mass is 16.7. The minimum Gasteiger partial charge on any atom is -0.473 e. The van der Waals surface area contributed by atoms with E-state index in [1.54, 1.807) is 13.2 Å². The number of rotatable bonds is 3. The zero-order chi connectivity index (χ0) is 16.1. The Balaban J connectivity index is 0.000000383. The number of hydrogen-bond acceptors (Lipinski definition) is 6. The molecule has 0 radical (unpaired) electrons. The van der Waals surface area contributed by atoms with Crippen LogP contribution in [0.3, 0.4) is 0 Å². The first-order valence-corrected chi connectivity index (χ1v) is 7.10. The van der Waals surface area contributed by atoms with Gasteiger partial charge in [0, 0.05) is 5.47 Å². The lowest BCUT2D eigenvalue weighted by Gasteiger charge is -2.32. The molecule has 1 atom stereocenters. The second kappa shape index (κ2) is 7.29. The lowest BCUT2D eigenvalue weighted by molar-refractivity contribution is -0.128. The number of hydrogen-bond donors (Lipinski definition) is 0. The summed E-state index contributed by atoms with van der Waals surface area (Å²) >= 11 is 0. The highest BCUT2D eigenvalue weighted by Gasteiger charge is 2.52. The van der Waals surface area contributed by atoms with Gasteiger partial charge in [-0.05, 0) is 41.5 Å². The fourth-order valence-electron chi connectivity index (χ4n) is 1.66. The highest BCUT2D eigenvalue weighted by Crippen LogP contribution is 2.38. The summed E-state index contributed by atoms with van der Waals surface area (Å²) in [4.78, 5) is 9.18. The van der Waals surface area contributed by atoms with E-state index in [-0.39, 0.29) is 24.6 Å². The van der Waals surface area contributed by atoms with Crippen molar-refractivity contribution in [2.75, 3.05) is 13.2 Å². The third-order valence-electron chi connectivity index (χ3n) is 3.69. The van der Waals surface area contributed by atoms with E-state index in [1.165, 1.54) is 0 Å². The van der Waals surface area contributed by atoms with Crippen LogP contribution in [-0.2, 0) is 28.3 Å². The molecule has 1 unspecified atom stereocenters. The number of ether oxygens (including phenoxy) is 3. The zero-order valence-corrected chi connectivity index (χ0v) is 13.7. The van der Waals surface area contributed by atoms with Crippen LogP contribution in [0.25, 0.3) is 0 Å². The third-order valence-corrected chi connectivity index (χ3v) is 3.69. The largest absolute Gasteiger partial charge is 0.496 e. The molecule has 0 N–H and O–H groups in total. The lowest BCUT2D eigenvalue weighted by atomic mass is 9.79. The van der Waals surface area contributed by atoms with E-state index < -0.39 is 0 Å². The molecule has 2 aliphatic rings. The molecule has 0 aromatic heterocycles. The van der Waals surface area contributed by atoms with Crippen LogP contribution < -0.4 is 0 Å². The molecule has 2 aliphatic heterocycles. The molecule has 1 fully saturated rings. The van der Waals surface area contributed by atoms with Crippen LogP contribution in [0.1, 0.15) is 41.5 Å². The van der Waals surface area contributed by atoms with Gasteiger partial charge in [0.2, 0.25) is 0 Å². The average molecular weight is 300 g/mol. The summed E-state index contributed by atoms with van der Waals surface area (Å²) < 4.78 is 26.6. The molecule has 0 saturated carbocycles. The SMILES string of the molecule is CC1OC=C(B2OC(C)(C)C(C)(C)O2)CO1.CCOC=O. The minimum atomic E-state index is -0.363. The van der Waals surface area contributed by atoms with E-state index in [2.05, 4.69) is 4.74 Å². The molecule has 120 valence electrons. The van der Waals surface area contributed by atoms with Crippen molar-refractivity contribution >= 4 is 13.6 Å². The Hall–Kier alpha value is -1.05. The Morgan fingerprint density at radius 2 is 1.90 bits per heavy atom. The first kappa shape index (κ1) is 18.0. The van der Waals surface area contributed by atoms with Gasteiger partial charge in [0.25, 0.3) is 6.47 Å². The minimum absolute atomic E-state index is 0.189. The monoisotopic (exact) mass is 300 g/mol. The van der Waals surface area contributed by atoms with Crippen molar-refractivity contribution in [3.63, 3.8) is 0 Å². The Labute approximate surface area is 126 Å². The second-order valence-corrected chi connectivity index (χ2v) is 5.85. The van der Waals surface area contributed by atoms with Crippen molar-refractivity contribution in [1.82, 2.24) is 0 Å². The average Bonchev–Trinajstić information content (AvgIpc) is 2.61. The molecule has 0 aromatic rings. The van der Waals surface area contributed by atoms with Crippen molar-refractivity contribution in [2.45, 2.75) is 59.0 Å². The van der Waals surface area contributed by atoms with Crippen LogP contribution in [0.2, 0.25) is 0 Å². The second-order valence-electron chi connectivity index (χ2n) is 5.85. The van der Waals surface area contributed by atoms with Gasteiger partial charge >= 0.3 is 7.12 Å². The Morgan fingerprint density at radius 1 is 1.33 bits per heavy atom. The smallest absolute Gasteiger partial charge is 0.473 e. The van der Waals surface area contributed by atoms with Gasteiger partial charge in [-0.3, -0.25) is 4.79 Å².